The minimum Gasteiger partial charge on any atom is -0.550 e. The number of quaternary nitrogens is 1. The van der Waals surface area contributed by atoms with E-state index in [1.54, 1.807) is 12.2 Å². The van der Waals surface area contributed by atoms with Gasteiger partial charge in [-0.1, -0.05) is 13.2 Å². The van der Waals surface area contributed by atoms with Crippen LogP contribution in [0.4, 0.5) is 0 Å². The Morgan fingerprint density at radius 2 is 1.72 bits per heavy atom. The molecule has 5 nitrogen and oxygen atoms in total. The standard InChI is InChI=1S/C13H21NO4/c1-3-8-14(9-4-2,11-13(17)18)10-6-5-7-12(15)16/h3-4H,1-2,5-11H2,(H-,15,16,17,18). The summed E-state index contributed by atoms with van der Waals surface area (Å²) in [6, 6.07) is 0. The molecule has 0 aromatic rings. The Labute approximate surface area is 108 Å². The van der Waals surface area contributed by atoms with Gasteiger partial charge in [-0.3, -0.25) is 0 Å². The third-order valence-corrected chi connectivity index (χ3v) is 2.77. The zero-order valence-electron chi connectivity index (χ0n) is 10.6. The highest BCUT2D eigenvalue weighted by Gasteiger charge is 2.27. The molecule has 0 radical (unpaired) electrons. The quantitative estimate of drug-likeness (QED) is 0.324. The first-order valence-corrected chi connectivity index (χ1v) is 5.94. The molecular formula is C13H21NO4. The lowest BCUT2D eigenvalue weighted by Gasteiger charge is -2.35. The summed E-state index contributed by atoms with van der Waals surface area (Å²) in [6.45, 7) is 8.94. The van der Waals surface area contributed by atoms with Crippen molar-refractivity contribution < 1.29 is 24.3 Å². The summed E-state index contributed by atoms with van der Waals surface area (Å²) in [4.78, 5) is 21.2. The van der Waals surface area contributed by atoms with Crippen molar-refractivity contribution in [2.24, 2.45) is 0 Å². The second-order valence-corrected chi connectivity index (χ2v) is 4.39. The number of aliphatic carboxylic acids is 2. The molecule has 0 aliphatic heterocycles. The van der Waals surface area contributed by atoms with Gasteiger partial charge < -0.3 is 19.5 Å². The van der Waals surface area contributed by atoms with E-state index in [0.717, 1.165) is 0 Å². The summed E-state index contributed by atoms with van der Waals surface area (Å²) in [5, 5.41) is 19.3. The van der Waals surface area contributed by atoms with Crippen LogP contribution in [0, 0.1) is 0 Å². The first-order chi connectivity index (χ1) is 8.45. The SMILES string of the molecule is C=CC[N+](CC=C)(CCCCC(=O)[O-])CC(=O)O. The van der Waals surface area contributed by atoms with Crippen molar-refractivity contribution in [1.29, 1.82) is 0 Å². The molecule has 0 amide bonds. The Kier molecular flexibility index (Phi) is 7.71. The highest BCUT2D eigenvalue weighted by Crippen LogP contribution is 2.11. The number of carbonyl (C=O) groups excluding carboxylic acids is 1. The Morgan fingerprint density at radius 1 is 1.17 bits per heavy atom. The summed E-state index contributed by atoms with van der Waals surface area (Å²) >= 11 is 0. The van der Waals surface area contributed by atoms with Crippen LogP contribution in [-0.2, 0) is 9.59 Å². The zero-order valence-corrected chi connectivity index (χ0v) is 10.6. The number of carboxylic acid groups (broad SMARTS) is 2. The summed E-state index contributed by atoms with van der Waals surface area (Å²) in [5.41, 5.74) is 0. The Bertz CT molecular complexity index is 302. The van der Waals surface area contributed by atoms with Crippen molar-refractivity contribution in [3.05, 3.63) is 25.3 Å². The number of carboxylic acids is 2. The Morgan fingerprint density at radius 3 is 2.11 bits per heavy atom. The molecule has 0 atom stereocenters. The van der Waals surface area contributed by atoms with Gasteiger partial charge >= 0.3 is 5.97 Å². The van der Waals surface area contributed by atoms with Crippen LogP contribution in [0.2, 0.25) is 0 Å². The van der Waals surface area contributed by atoms with Crippen molar-refractivity contribution >= 4 is 11.9 Å². The Hall–Kier alpha value is -1.62. The number of nitrogens with zero attached hydrogens (tertiary/aromatic N) is 1. The lowest BCUT2D eigenvalue weighted by atomic mass is 10.2. The number of carbonyl (C=O) groups is 2. The molecule has 0 spiro atoms. The highest BCUT2D eigenvalue weighted by molar-refractivity contribution is 5.68. The molecule has 0 saturated heterocycles. The van der Waals surface area contributed by atoms with Crippen molar-refractivity contribution in [1.82, 2.24) is 0 Å². The number of hydrogen-bond acceptors (Lipinski definition) is 3. The molecule has 102 valence electrons. The maximum absolute atomic E-state index is 10.9. The van der Waals surface area contributed by atoms with Gasteiger partial charge in [0.1, 0.15) is 0 Å². The van der Waals surface area contributed by atoms with Gasteiger partial charge in [0.05, 0.1) is 19.6 Å². The van der Waals surface area contributed by atoms with Crippen molar-refractivity contribution in [2.75, 3.05) is 26.2 Å². The van der Waals surface area contributed by atoms with E-state index in [4.69, 9.17) is 5.11 Å². The lowest BCUT2D eigenvalue weighted by Crippen LogP contribution is -2.52. The molecule has 0 aromatic heterocycles. The van der Waals surface area contributed by atoms with Gasteiger partial charge in [-0.05, 0) is 31.4 Å². The predicted octanol–water partition coefficient (Wildman–Crippen LogP) is 0.180. The largest absolute Gasteiger partial charge is 0.550 e. The zero-order chi connectivity index (χ0) is 14.0. The van der Waals surface area contributed by atoms with Crippen molar-refractivity contribution in [2.45, 2.75) is 19.3 Å². The van der Waals surface area contributed by atoms with E-state index in [2.05, 4.69) is 13.2 Å². The van der Waals surface area contributed by atoms with Crippen LogP contribution in [0.25, 0.3) is 0 Å². The Balaban J connectivity index is 4.49. The molecule has 0 unspecified atom stereocenters. The summed E-state index contributed by atoms with van der Waals surface area (Å²) in [5.74, 6) is -1.95. The van der Waals surface area contributed by atoms with Gasteiger partial charge in [-0.15, -0.1) is 0 Å². The molecule has 0 bridgehead atoms. The monoisotopic (exact) mass is 255 g/mol. The van der Waals surface area contributed by atoms with Crippen molar-refractivity contribution in [3.63, 3.8) is 0 Å². The second kappa shape index (κ2) is 8.47. The van der Waals surface area contributed by atoms with E-state index in [1.807, 2.05) is 0 Å². The van der Waals surface area contributed by atoms with E-state index in [1.165, 1.54) is 0 Å². The number of rotatable bonds is 11. The number of unbranched alkanes of at least 4 members (excludes halogenated alkanes) is 1. The molecule has 0 aromatic carbocycles. The topological polar surface area (TPSA) is 77.4 Å². The van der Waals surface area contributed by atoms with E-state index >= 15 is 0 Å². The molecule has 0 fully saturated rings. The molecule has 0 saturated carbocycles. The average molecular weight is 255 g/mol. The smallest absolute Gasteiger partial charge is 0.359 e. The molecular weight excluding hydrogens is 234 g/mol. The molecule has 0 aliphatic carbocycles. The number of hydrogen-bond donors (Lipinski definition) is 1. The molecule has 0 heterocycles. The first-order valence-electron chi connectivity index (χ1n) is 5.94. The molecule has 1 N–H and O–H groups in total. The van der Waals surface area contributed by atoms with Crippen LogP contribution in [0.15, 0.2) is 25.3 Å². The third kappa shape index (κ3) is 6.85. The van der Waals surface area contributed by atoms with Gasteiger partial charge in [-0.25, -0.2) is 4.79 Å². The fourth-order valence-electron chi connectivity index (χ4n) is 2.02. The van der Waals surface area contributed by atoms with Crippen molar-refractivity contribution in [3.8, 4) is 0 Å². The van der Waals surface area contributed by atoms with Gasteiger partial charge in [0.25, 0.3) is 0 Å². The van der Waals surface area contributed by atoms with Crippen LogP contribution >= 0.6 is 0 Å². The van der Waals surface area contributed by atoms with Crippen LogP contribution < -0.4 is 5.11 Å². The van der Waals surface area contributed by atoms with Crippen LogP contribution in [-0.4, -0.2) is 47.7 Å². The lowest BCUT2D eigenvalue weighted by molar-refractivity contribution is -0.910. The highest BCUT2D eigenvalue weighted by atomic mass is 16.4. The van der Waals surface area contributed by atoms with Gasteiger partial charge in [-0.2, -0.15) is 0 Å². The van der Waals surface area contributed by atoms with E-state index in [9.17, 15) is 14.7 Å². The molecule has 18 heavy (non-hydrogen) atoms. The van der Waals surface area contributed by atoms with Crippen LogP contribution in [0.3, 0.4) is 0 Å². The second-order valence-electron chi connectivity index (χ2n) is 4.39. The minimum atomic E-state index is -1.07. The normalized spacial score (nSPS) is 10.9. The third-order valence-electron chi connectivity index (χ3n) is 2.77. The molecule has 0 aliphatic rings. The maximum Gasteiger partial charge on any atom is 0.359 e. The first kappa shape index (κ1) is 16.4. The summed E-state index contributed by atoms with van der Waals surface area (Å²) in [6.07, 6.45) is 4.52. The van der Waals surface area contributed by atoms with Gasteiger partial charge in [0.2, 0.25) is 0 Å². The summed E-state index contributed by atoms with van der Waals surface area (Å²) in [7, 11) is 0. The van der Waals surface area contributed by atoms with E-state index < -0.39 is 11.9 Å². The van der Waals surface area contributed by atoms with Crippen LogP contribution in [0.5, 0.6) is 0 Å². The predicted molar refractivity (Wildman–Crippen MR) is 66.6 cm³/mol. The van der Waals surface area contributed by atoms with E-state index in [-0.39, 0.29) is 13.0 Å². The molecule has 0 rings (SSSR count). The fourth-order valence-corrected chi connectivity index (χ4v) is 2.02. The van der Waals surface area contributed by atoms with Crippen LogP contribution in [0.1, 0.15) is 19.3 Å². The van der Waals surface area contributed by atoms with Gasteiger partial charge in [0, 0.05) is 5.97 Å². The summed E-state index contributed by atoms with van der Waals surface area (Å²) < 4.78 is 0.329. The molecule has 5 heteroatoms. The maximum atomic E-state index is 10.9. The average Bonchev–Trinajstić information content (AvgIpc) is 2.24. The van der Waals surface area contributed by atoms with E-state index in [0.29, 0.717) is 37.0 Å². The van der Waals surface area contributed by atoms with Gasteiger partial charge in [0.15, 0.2) is 6.54 Å². The minimum absolute atomic E-state index is 0.00918. The fraction of sp³-hybridized carbons (Fsp3) is 0.538.